The number of aliphatic hydroxyl groups excluding tert-OH is 1. The Morgan fingerprint density at radius 2 is 2.08 bits per heavy atom. The number of amides is 3. The number of carbonyl (C=O) groups is 3. The van der Waals surface area contributed by atoms with Crippen LogP contribution in [0, 0.1) is 17.8 Å². The number of aromatic nitrogens is 1. The largest absolute Gasteiger partial charge is 0.434 e. The van der Waals surface area contributed by atoms with Gasteiger partial charge in [0, 0.05) is 29.9 Å². The number of hydrogen-bond acceptors (Lipinski definition) is 5. The molecule has 2 aromatic rings. The van der Waals surface area contributed by atoms with Gasteiger partial charge in [-0.05, 0) is 55.7 Å². The van der Waals surface area contributed by atoms with Crippen LogP contribution >= 0.6 is 0 Å². The van der Waals surface area contributed by atoms with Crippen molar-refractivity contribution in [2.24, 2.45) is 17.8 Å². The Hall–Kier alpha value is -3.21. The van der Waals surface area contributed by atoms with Gasteiger partial charge in [-0.1, -0.05) is 12.5 Å². The highest BCUT2D eigenvalue weighted by Crippen LogP contribution is 2.43. The molecule has 11 heteroatoms. The van der Waals surface area contributed by atoms with Crippen LogP contribution < -0.4 is 15.4 Å². The molecule has 4 unspecified atom stereocenters. The van der Waals surface area contributed by atoms with Gasteiger partial charge in [0.15, 0.2) is 0 Å². The number of aromatic amines is 1. The van der Waals surface area contributed by atoms with Gasteiger partial charge in [0.2, 0.25) is 11.8 Å². The van der Waals surface area contributed by atoms with Gasteiger partial charge in [0.25, 0.3) is 5.91 Å². The second-order valence-electron chi connectivity index (χ2n) is 9.94. The first-order chi connectivity index (χ1) is 17.4. The van der Waals surface area contributed by atoms with Crippen molar-refractivity contribution < 1.29 is 33.0 Å². The average Bonchev–Trinajstić information content (AvgIpc) is 3.61. The van der Waals surface area contributed by atoms with Crippen LogP contribution in [0.15, 0.2) is 24.3 Å². The fourth-order valence-electron chi connectivity index (χ4n) is 6.13. The predicted molar refractivity (Wildman–Crippen MR) is 125 cm³/mol. The molecule has 1 aromatic carbocycles. The smallest absolute Gasteiger partial charge is 0.387 e. The van der Waals surface area contributed by atoms with Gasteiger partial charge in [0.05, 0.1) is 12.6 Å². The second kappa shape index (κ2) is 10.0. The Labute approximate surface area is 206 Å². The number of rotatable bonds is 8. The highest BCUT2D eigenvalue weighted by molar-refractivity contribution is 6.02. The normalized spacial score (nSPS) is 26.3. The number of hydrogen-bond donors (Lipinski definition) is 4. The highest BCUT2D eigenvalue weighted by Gasteiger charge is 2.50. The maximum atomic E-state index is 13.6. The molecule has 5 rings (SSSR count). The van der Waals surface area contributed by atoms with Crippen LogP contribution in [0.3, 0.4) is 0 Å². The van der Waals surface area contributed by atoms with Crippen LogP contribution in [-0.2, 0) is 9.59 Å². The second-order valence-corrected chi connectivity index (χ2v) is 9.94. The predicted octanol–water partition coefficient (Wildman–Crippen LogP) is 2.01. The first kappa shape index (κ1) is 24.5. The van der Waals surface area contributed by atoms with E-state index in [9.17, 15) is 28.3 Å². The number of ether oxygens (including phenoxy) is 1. The Kier molecular flexibility index (Phi) is 6.83. The number of likely N-dealkylation sites (tertiary alicyclic amines) is 1. The summed E-state index contributed by atoms with van der Waals surface area (Å²) in [6.45, 7) is -2.30. The van der Waals surface area contributed by atoms with E-state index < -0.39 is 18.7 Å². The topological polar surface area (TPSA) is 124 Å². The van der Waals surface area contributed by atoms with Crippen molar-refractivity contribution in [1.29, 1.82) is 0 Å². The van der Waals surface area contributed by atoms with Crippen molar-refractivity contribution >= 4 is 28.6 Å². The van der Waals surface area contributed by atoms with Crippen molar-refractivity contribution in [1.82, 2.24) is 20.5 Å². The van der Waals surface area contributed by atoms with Crippen molar-refractivity contribution in [3.8, 4) is 5.75 Å². The molecule has 5 atom stereocenters. The molecule has 1 saturated carbocycles. The number of fused-ring (bicyclic) bond motifs is 2. The molecule has 0 radical (unpaired) electrons. The maximum Gasteiger partial charge on any atom is 0.387 e. The zero-order valence-corrected chi connectivity index (χ0v) is 19.7. The lowest BCUT2D eigenvalue weighted by Crippen LogP contribution is -2.52. The van der Waals surface area contributed by atoms with E-state index in [0.29, 0.717) is 36.8 Å². The number of H-pyrrole nitrogens is 1. The summed E-state index contributed by atoms with van der Waals surface area (Å²) in [7, 11) is 0. The number of benzene rings is 1. The Morgan fingerprint density at radius 3 is 2.81 bits per heavy atom. The average molecular weight is 505 g/mol. The van der Waals surface area contributed by atoms with Crippen LogP contribution in [0.2, 0.25) is 0 Å². The van der Waals surface area contributed by atoms with Gasteiger partial charge in [0.1, 0.15) is 17.5 Å². The van der Waals surface area contributed by atoms with Crippen molar-refractivity contribution in [3.63, 3.8) is 0 Å². The van der Waals surface area contributed by atoms with Crippen molar-refractivity contribution in [2.75, 3.05) is 19.7 Å². The fraction of sp³-hybridized carbons (Fsp3) is 0.560. The van der Waals surface area contributed by atoms with Gasteiger partial charge in [-0.25, -0.2) is 0 Å². The molecular weight excluding hydrogens is 474 g/mol. The summed E-state index contributed by atoms with van der Waals surface area (Å²) < 4.78 is 30.2. The summed E-state index contributed by atoms with van der Waals surface area (Å²) in [5.41, 5.74) is 0.668. The van der Waals surface area contributed by atoms with Gasteiger partial charge in [-0.3, -0.25) is 14.4 Å². The van der Waals surface area contributed by atoms with E-state index in [-0.39, 0.29) is 53.5 Å². The first-order valence-corrected chi connectivity index (χ1v) is 12.4. The molecule has 3 amide bonds. The number of alkyl halides is 2. The third-order valence-corrected chi connectivity index (χ3v) is 7.79. The lowest BCUT2D eigenvalue weighted by atomic mass is 9.92. The fourth-order valence-corrected chi connectivity index (χ4v) is 6.13. The van der Waals surface area contributed by atoms with E-state index in [4.69, 9.17) is 0 Å². The van der Waals surface area contributed by atoms with E-state index >= 15 is 0 Å². The molecule has 3 heterocycles. The molecule has 9 nitrogen and oxygen atoms in total. The molecule has 4 N–H and O–H groups in total. The number of nitrogens with zero attached hydrogens (tertiary/aromatic N) is 1. The summed E-state index contributed by atoms with van der Waals surface area (Å²) in [6, 6.07) is 4.81. The summed E-state index contributed by atoms with van der Waals surface area (Å²) in [4.78, 5) is 43.6. The highest BCUT2D eigenvalue weighted by atomic mass is 19.3. The van der Waals surface area contributed by atoms with E-state index in [1.165, 1.54) is 12.1 Å². The monoisotopic (exact) mass is 504 g/mol. The van der Waals surface area contributed by atoms with Crippen LogP contribution in [0.5, 0.6) is 5.75 Å². The number of nitrogens with one attached hydrogen (secondary N) is 3. The first-order valence-electron chi connectivity index (χ1n) is 12.4. The van der Waals surface area contributed by atoms with Crippen molar-refractivity contribution in [3.05, 3.63) is 30.0 Å². The molecule has 0 spiro atoms. The van der Waals surface area contributed by atoms with E-state index in [2.05, 4.69) is 20.4 Å². The number of carbonyl (C=O) groups excluding carboxylic acids is 3. The molecular formula is C25H30F2N4O5. The summed E-state index contributed by atoms with van der Waals surface area (Å²) >= 11 is 0. The molecule has 2 aliphatic heterocycles. The Balaban J connectivity index is 1.36. The molecule has 1 aliphatic carbocycles. The van der Waals surface area contributed by atoms with E-state index in [0.717, 1.165) is 19.3 Å². The van der Waals surface area contributed by atoms with Gasteiger partial charge < -0.3 is 30.4 Å². The summed E-state index contributed by atoms with van der Waals surface area (Å²) in [6.07, 6.45) is 3.70. The number of aliphatic hydroxyl groups is 1. The summed E-state index contributed by atoms with van der Waals surface area (Å²) in [5.74, 6) is -0.908. The third kappa shape index (κ3) is 4.63. The molecule has 36 heavy (non-hydrogen) atoms. The minimum absolute atomic E-state index is 0.00479. The Bertz CT molecular complexity index is 1150. The SMILES string of the molecule is O=C1NCCC1CC(CO)NC(=O)[C@@H]1C2CCCC2CN1C(=O)c1cc2c(OC(F)F)cccc2[nH]1. The minimum Gasteiger partial charge on any atom is -0.434 e. The lowest BCUT2D eigenvalue weighted by molar-refractivity contribution is -0.128. The van der Waals surface area contributed by atoms with Crippen LogP contribution in [0.25, 0.3) is 10.9 Å². The van der Waals surface area contributed by atoms with E-state index in [1.54, 1.807) is 17.0 Å². The minimum atomic E-state index is -2.99. The molecule has 2 saturated heterocycles. The zero-order chi connectivity index (χ0) is 25.4. The summed E-state index contributed by atoms with van der Waals surface area (Å²) in [5, 5.41) is 15.9. The zero-order valence-electron chi connectivity index (χ0n) is 19.7. The van der Waals surface area contributed by atoms with Crippen molar-refractivity contribution in [2.45, 2.75) is 50.8 Å². The quantitative estimate of drug-likeness (QED) is 0.438. The molecule has 3 fully saturated rings. The van der Waals surface area contributed by atoms with E-state index in [1.807, 2.05) is 0 Å². The Morgan fingerprint density at radius 1 is 1.25 bits per heavy atom. The lowest BCUT2D eigenvalue weighted by Gasteiger charge is -2.29. The van der Waals surface area contributed by atoms with Gasteiger partial charge in [-0.2, -0.15) is 8.78 Å². The standard InChI is InChI=1S/C25H30F2N4O5/c26-25(27)36-20-6-2-5-18-17(20)10-19(30-18)24(35)31-11-14-3-1-4-16(14)21(31)23(34)29-15(12-32)9-13-7-8-28-22(13)33/h2,5-6,10,13-16,21,25,30,32H,1,3-4,7-9,11-12H2,(H,28,33)(H,29,34)/t13?,14?,15?,16?,21-/m0/s1. The van der Waals surface area contributed by atoms with Gasteiger partial charge in [-0.15, -0.1) is 0 Å². The van der Waals surface area contributed by atoms with Crippen LogP contribution in [0.1, 0.15) is 42.6 Å². The van der Waals surface area contributed by atoms with Gasteiger partial charge >= 0.3 is 6.61 Å². The number of halogens is 2. The molecule has 3 aliphatic rings. The van der Waals surface area contributed by atoms with Crippen LogP contribution in [0.4, 0.5) is 8.78 Å². The molecule has 0 bridgehead atoms. The van der Waals surface area contributed by atoms with Crippen LogP contribution in [-0.4, -0.2) is 71.1 Å². The molecule has 194 valence electrons. The maximum absolute atomic E-state index is 13.6. The molecule has 1 aromatic heterocycles. The third-order valence-electron chi connectivity index (χ3n) is 7.79.